The van der Waals surface area contributed by atoms with Gasteiger partial charge in [-0.15, -0.1) is 11.3 Å². The molecular weight excluding hydrogens is 450 g/mol. The topological polar surface area (TPSA) is 82.4 Å². The van der Waals surface area contributed by atoms with Gasteiger partial charge in [-0.3, -0.25) is 14.2 Å². The molecule has 0 aliphatic carbocycles. The number of aromatic nitrogens is 2. The number of fused-ring (bicyclic) bond motifs is 1. The lowest BCUT2D eigenvalue weighted by Crippen LogP contribution is -2.33. The van der Waals surface area contributed by atoms with E-state index in [9.17, 15) is 9.59 Å². The van der Waals surface area contributed by atoms with Gasteiger partial charge in [-0.25, -0.2) is 4.98 Å². The van der Waals surface area contributed by atoms with Gasteiger partial charge in [-0.05, 0) is 43.5 Å². The van der Waals surface area contributed by atoms with Crippen molar-refractivity contribution in [3.63, 3.8) is 0 Å². The minimum Gasteiger partial charge on any atom is -0.497 e. The summed E-state index contributed by atoms with van der Waals surface area (Å²) in [5.41, 5.74) is 4.32. The van der Waals surface area contributed by atoms with E-state index in [0.29, 0.717) is 33.8 Å². The van der Waals surface area contributed by atoms with Crippen molar-refractivity contribution in [2.45, 2.75) is 33.2 Å². The van der Waals surface area contributed by atoms with Crippen LogP contribution in [0.25, 0.3) is 21.3 Å². The molecule has 1 amide bonds. The van der Waals surface area contributed by atoms with Gasteiger partial charge in [0, 0.05) is 17.0 Å². The number of rotatable bonds is 7. The lowest BCUT2D eigenvalue weighted by Gasteiger charge is -2.19. The number of aryl methyl sites for hydroxylation is 2. The molecule has 4 aromatic rings. The predicted molar refractivity (Wildman–Crippen MR) is 136 cm³/mol. The molecule has 34 heavy (non-hydrogen) atoms. The van der Waals surface area contributed by atoms with Crippen LogP contribution in [0.1, 0.15) is 30.5 Å². The average Bonchev–Trinajstić information content (AvgIpc) is 3.25. The van der Waals surface area contributed by atoms with Crippen molar-refractivity contribution < 1.29 is 14.3 Å². The van der Waals surface area contributed by atoms with E-state index in [-0.39, 0.29) is 11.5 Å². The Kier molecular flexibility index (Phi) is 6.70. The number of carbonyl (C=O) groups is 1. The van der Waals surface area contributed by atoms with Crippen LogP contribution in [0, 0.1) is 13.8 Å². The monoisotopic (exact) mass is 477 g/mol. The molecule has 0 saturated heterocycles. The third-order valence-corrected chi connectivity index (χ3v) is 6.77. The van der Waals surface area contributed by atoms with Gasteiger partial charge in [0.2, 0.25) is 5.91 Å². The minimum atomic E-state index is -0.743. The van der Waals surface area contributed by atoms with Gasteiger partial charge in [0.15, 0.2) is 0 Å². The number of hydrogen-bond donors (Lipinski definition) is 1. The first-order valence-corrected chi connectivity index (χ1v) is 11.8. The average molecular weight is 478 g/mol. The number of hydrogen-bond acceptors (Lipinski definition) is 6. The first-order chi connectivity index (χ1) is 16.4. The Morgan fingerprint density at radius 2 is 1.91 bits per heavy atom. The van der Waals surface area contributed by atoms with Gasteiger partial charge in [-0.2, -0.15) is 0 Å². The Labute approximate surface area is 202 Å². The molecule has 176 valence electrons. The van der Waals surface area contributed by atoms with E-state index in [4.69, 9.17) is 9.47 Å². The maximum Gasteiger partial charge on any atom is 0.263 e. The van der Waals surface area contributed by atoms with Crippen LogP contribution in [0.5, 0.6) is 11.5 Å². The van der Waals surface area contributed by atoms with Gasteiger partial charge in [-0.1, -0.05) is 30.7 Å². The third kappa shape index (κ3) is 4.28. The quantitative estimate of drug-likeness (QED) is 0.388. The molecule has 0 bridgehead atoms. The summed E-state index contributed by atoms with van der Waals surface area (Å²) in [5, 5.41) is 5.38. The van der Waals surface area contributed by atoms with Crippen molar-refractivity contribution >= 4 is 33.1 Å². The number of carbonyl (C=O) groups excluding carboxylic acids is 1. The van der Waals surface area contributed by atoms with Crippen LogP contribution >= 0.6 is 11.3 Å². The molecule has 1 atom stereocenters. The van der Waals surface area contributed by atoms with Gasteiger partial charge >= 0.3 is 0 Å². The Bertz CT molecular complexity index is 1420. The summed E-state index contributed by atoms with van der Waals surface area (Å²) in [6.07, 6.45) is 1.87. The van der Waals surface area contributed by atoms with Gasteiger partial charge in [0.25, 0.3) is 5.56 Å². The number of methoxy groups -OCH3 is 2. The molecule has 1 N–H and O–H groups in total. The molecule has 0 fully saturated rings. The molecule has 0 aliphatic heterocycles. The van der Waals surface area contributed by atoms with Gasteiger partial charge < -0.3 is 14.8 Å². The highest BCUT2D eigenvalue weighted by Gasteiger charge is 2.24. The lowest BCUT2D eigenvalue weighted by molar-refractivity contribution is -0.119. The molecular formula is C26H27N3O4S. The first kappa shape index (κ1) is 23.5. The molecule has 0 aliphatic rings. The molecule has 4 rings (SSSR count). The summed E-state index contributed by atoms with van der Waals surface area (Å²) in [5.74, 6) is 0.751. The first-order valence-electron chi connectivity index (χ1n) is 11.0. The zero-order chi connectivity index (χ0) is 24.4. The molecule has 2 aromatic heterocycles. The van der Waals surface area contributed by atoms with E-state index >= 15 is 0 Å². The zero-order valence-electron chi connectivity index (χ0n) is 19.8. The normalized spacial score (nSPS) is 11.9. The minimum absolute atomic E-state index is 0.235. The summed E-state index contributed by atoms with van der Waals surface area (Å²) in [7, 11) is 3.08. The Morgan fingerprint density at radius 3 is 2.59 bits per heavy atom. The van der Waals surface area contributed by atoms with Gasteiger partial charge in [0.1, 0.15) is 22.4 Å². The number of ether oxygens (including phenoxy) is 2. The lowest BCUT2D eigenvalue weighted by atomic mass is 9.99. The fraction of sp³-hybridized carbons (Fsp3) is 0.269. The number of nitrogens with one attached hydrogen (secondary N) is 1. The number of anilines is 1. The summed E-state index contributed by atoms with van der Waals surface area (Å²) in [6.45, 7) is 5.94. The second-order valence-electron chi connectivity index (χ2n) is 8.08. The molecule has 1 unspecified atom stereocenters. The fourth-order valence-corrected chi connectivity index (χ4v) is 5.02. The molecule has 0 saturated carbocycles. The van der Waals surface area contributed by atoms with Crippen molar-refractivity contribution in [2.75, 3.05) is 19.5 Å². The summed E-state index contributed by atoms with van der Waals surface area (Å²) in [6, 6.07) is 10.6. The molecule has 2 heterocycles. The van der Waals surface area contributed by atoms with Crippen LogP contribution in [-0.4, -0.2) is 29.7 Å². The number of thiophene rings is 1. The van der Waals surface area contributed by atoms with E-state index in [2.05, 4.69) is 16.4 Å². The van der Waals surface area contributed by atoms with Crippen molar-refractivity contribution in [3.8, 4) is 22.6 Å². The van der Waals surface area contributed by atoms with Gasteiger partial charge in [0.05, 0.1) is 31.6 Å². The van der Waals surface area contributed by atoms with E-state index < -0.39 is 6.04 Å². The second kappa shape index (κ2) is 9.69. The van der Waals surface area contributed by atoms with Crippen LogP contribution < -0.4 is 20.3 Å². The Hall–Kier alpha value is -3.65. The van der Waals surface area contributed by atoms with Crippen LogP contribution in [0.3, 0.4) is 0 Å². The van der Waals surface area contributed by atoms with E-state index in [1.54, 1.807) is 25.3 Å². The fourth-order valence-electron chi connectivity index (χ4n) is 4.12. The summed E-state index contributed by atoms with van der Waals surface area (Å²) < 4.78 is 12.1. The molecule has 7 nitrogen and oxygen atoms in total. The van der Waals surface area contributed by atoms with E-state index in [0.717, 1.165) is 22.3 Å². The number of benzene rings is 2. The molecule has 0 spiro atoms. The number of amides is 1. The largest absolute Gasteiger partial charge is 0.497 e. The third-order valence-electron chi connectivity index (χ3n) is 5.88. The van der Waals surface area contributed by atoms with Crippen LogP contribution in [0.15, 0.2) is 52.9 Å². The zero-order valence-corrected chi connectivity index (χ0v) is 20.7. The Morgan fingerprint density at radius 1 is 1.12 bits per heavy atom. The van der Waals surface area contributed by atoms with Crippen LogP contribution in [-0.2, 0) is 4.79 Å². The Balaban J connectivity index is 1.76. The van der Waals surface area contributed by atoms with Crippen LogP contribution in [0.2, 0.25) is 0 Å². The van der Waals surface area contributed by atoms with E-state index in [1.807, 2.05) is 38.3 Å². The summed E-state index contributed by atoms with van der Waals surface area (Å²) in [4.78, 5) is 32.1. The SMILES string of the molecule is CCC(C(=O)Nc1cc(OC)ccc1OC)n1cnc2scc(-c3ccc(C)cc3C)c2c1=O. The number of nitrogens with zero attached hydrogens (tertiary/aromatic N) is 2. The highest BCUT2D eigenvalue weighted by Crippen LogP contribution is 2.34. The predicted octanol–water partition coefficient (Wildman–Crippen LogP) is 5.35. The molecule has 8 heteroatoms. The van der Waals surface area contributed by atoms with E-state index in [1.165, 1.54) is 29.3 Å². The standard InChI is InChI=1S/C26H27N3O4S/c1-6-21(24(30)28-20-12-17(32-4)8-10-22(20)33-5)29-14-27-25-23(26(29)31)19(13-34-25)18-9-7-15(2)11-16(18)3/h7-14,21H,6H2,1-5H3,(H,28,30). The smallest absolute Gasteiger partial charge is 0.263 e. The van der Waals surface area contributed by atoms with Crippen molar-refractivity contribution in [1.82, 2.24) is 9.55 Å². The second-order valence-corrected chi connectivity index (χ2v) is 8.94. The molecule has 2 aromatic carbocycles. The van der Waals surface area contributed by atoms with Crippen LogP contribution in [0.4, 0.5) is 5.69 Å². The maximum atomic E-state index is 13.6. The maximum absolute atomic E-state index is 13.6. The highest BCUT2D eigenvalue weighted by molar-refractivity contribution is 7.17. The van der Waals surface area contributed by atoms with Crippen molar-refractivity contribution in [1.29, 1.82) is 0 Å². The summed E-state index contributed by atoms with van der Waals surface area (Å²) >= 11 is 1.43. The van der Waals surface area contributed by atoms with Crippen molar-refractivity contribution in [2.24, 2.45) is 0 Å². The van der Waals surface area contributed by atoms with Crippen molar-refractivity contribution in [3.05, 3.63) is 69.6 Å². The highest BCUT2D eigenvalue weighted by atomic mass is 32.1. The molecule has 0 radical (unpaired) electrons.